The van der Waals surface area contributed by atoms with Gasteiger partial charge in [-0.1, -0.05) is 30.7 Å². The van der Waals surface area contributed by atoms with Gasteiger partial charge in [-0.3, -0.25) is 4.79 Å². The number of carbonyl (C=O) groups excluding carboxylic acids is 1. The third-order valence-electron chi connectivity index (χ3n) is 8.01. The molecule has 1 amide bonds. The highest BCUT2D eigenvalue weighted by atomic mass is 32.2. The summed E-state index contributed by atoms with van der Waals surface area (Å²) in [6.07, 6.45) is 4.29. The Morgan fingerprint density at radius 3 is 2.58 bits per heavy atom. The van der Waals surface area contributed by atoms with Crippen molar-refractivity contribution in [2.75, 3.05) is 18.7 Å². The summed E-state index contributed by atoms with van der Waals surface area (Å²) >= 11 is 0. The van der Waals surface area contributed by atoms with Crippen LogP contribution in [0.25, 0.3) is 11.3 Å². The van der Waals surface area contributed by atoms with Crippen molar-refractivity contribution in [2.45, 2.75) is 54.1 Å². The van der Waals surface area contributed by atoms with Crippen LogP contribution in [-0.2, 0) is 20.0 Å². The fourth-order valence-corrected chi connectivity index (χ4v) is 7.47. The number of nitrogens with one attached hydrogen (secondary N) is 1. The number of carbonyl (C=O) groups is 1. The molecule has 1 aromatic heterocycles. The van der Waals surface area contributed by atoms with Gasteiger partial charge in [0.05, 0.1) is 21.3 Å². The molecule has 2 aromatic carbocycles. The maximum absolute atomic E-state index is 13.3. The van der Waals surface area contributed by atoms with E-state index in [2.05, 4.69) is 10.3 Å². The van der Waals surface area contributed by atoms with Gasteiger partial charge in [0.15, 0.2) is 21.3 Å². The number of fused-ring (bicyclic) bond motifs is 1. The van der Waals surface area contributed by atoms with Gasteiger partial charge in [0, 0.05) is 12.2 Å². The molecule has 1 aliphatic heterocycles. The number of aliphatic hydroxyl groups is 1. The molecule has 9 heteroatoms. The van der Waals surface area contributed by atoms with Gasteiger partial charge >= 0.3 is 0 Å². The van der Waals surface area contributed by atoms with Crippen LogP contribution < -0.4 is 14.8 Å². The van der Waals surface area contributed by atoms with Gasteiger partial charge in [-0.15, -0.1) is 0 Å². The third kappa shape index (κ3) is 4.54. The topological polar surface area (TPSA) is 115 Å². The highest BCUT2D eigenvalue weighted by molar-refractivity contribution is 7.92. The highest BCUT2D eigenvalue weighted by Gasteiger charge is 2.51. The summed E-state index contributed by atoms with van der Waals surface area (Å²) in [4.78, 5) is 18.2. The smallest absolute Gasteiger partial charge is 0.236 e. The van der Waals surface area contributed by atoms with Crippen LogP contribution in [0.15, 0.2) is 65.6 Å². The number of aliphatic hydroxyl groups excluding tert-OH is 1. The van der Waals surface area contributed by atoms with Crippen molar-refractivity contribution < 1.29 is 27.8 Å². The maximum Gasteiger partial charge on any atom is 0.236 e. The number of hydrogen-bond acceptors (Lipinski definition) is 7. The van der Waals surface area contributed by atoms with Gasteiger partial charge < -0.3 is 19.9 Å². The van der Waals surface area contributed by atoms with Gasteiger partial charge in [-0.25, -0.2) is 13.4 Å². The van der Waals surface area contributed by atoms with Gasteiger partial charge in [0.1, 0.15) is 5.82 Å². The van der Waals surface area contributed by atoms with Crippen molar-refractivity contribution in [1.82, 2.24) is 4.98 Å². The van der Waals surface area contributed by atoms with Crippen LogP contribution in [0.3, 0.4) is 0 Å². The number of amides is 1. The summed E-state index contributed by atoms with van der Waals surface area (Å²) in [6.45, 7) is 0.216. The normalized spacial score (nSPS) is 21.6. The van der Waals surface area contributed by atoms with E-state index in [9.17, 15) is 18.3 Å². The molecule has 6 rings (SSSR count). The van der Waals surface area contributed by atoms with Gasteiger partial charge in [-0.2, -0.15) is 0 Å². The molecule has 0 radical (unpaired) electrons. The minimum absolute atomic E-state index is 0.0291. The zero-order chi connectivity index (χ0) is 26.3. The number of rotatable bonds is 7. The van der Waals surface area contributed by atoms with E-state index in [1.165, 1.54) is 0 Å². The number of benzene rings is 2. The molecular formula is C29H30N2O6S. The first kappa shape index (κ1) is 24.9. The van der Waals surface area contributed by atoms with E-state index in [4.69, 9.17) is 9.47 Å². The fraction of sp³-hybridized carbons (Fsp3) is 0.379. The summed E-state index contributed by atoms with van der Waals surface area (Å²) in [5.41, 5.74) is 1.69. The molecule has 2 aliphatic carbocycles. The number of aromatic nitrogens is 1. The summed E-state index contributed by atoms with van der Waals surface area (Å²) in [5, 5.41) is 12.0. The Labute approximate surface area is 221 Å². The highest BCUT2D eigenvalue weighted by Crippen LogP contribution is 2.51. The average Bonchev–Trinajstić information content (AvgIpc) is 3.64. The van der Waals surface area contributed by atoms with Crippen LogP contribution in [-0.4, -0.2) is 43.1 Å². The first-order valence-corrected chi connectivity index (χ1v) is 14.6. The van der Waals surface area contributed by atoms with Crippen molar-refractivity contribution in [3.05, 3.63) is 66.2 Å². The molecule has 2 fully saturated rings. The quantitative estimate of drug-likeness (QED) is 0.460. The SMILES string of the molecule is O=C(Nc1cccc(-c2ccc(S(=O)(=O)C3CCCC(CO)C3)cc2)n1)C1(c2ccc3c(c2)OCO3)CC1. The standard InChI is InChI=1S/C29H30N2O6S/c32-17-19-3-1-4-23(15-19)38(34,35)22-10-7-20(8-11-22)24-5-2-6-27(30-24)31-28(33)29(13-14-29)21-9-12-25-26(16-21)37-18-36-25/h2,5-12,16,19,23,32H,1,3-4,13-15,17-18H2,(H,30,31,33). The van der Waals surface area contributed by atoms with Crippen LogP contribution in [0.5, 0.6) is 11.5 Å². The van der Waals surface area contributed by atoms with Crippen LogP contribution in [0, 0.1) is 5.92 Å². The molecular weight excluding hydrogens is 504 g/mol. The number of anilines is 1. The predicted octanol–water partition coefficient (Wildman–Crippen LogP) is 4.47. The Kier molecular flexibility index (Phi) is 6.36. The van der Waals surface area contributed by atoms with Crippen LogP contribution >= 0.6 is 0 Å². The molecule has 2 heterocycles. The molecule has 0 spiro atoms. The number of sulfone groups is 1. The lowest BCUT2D eigenvalue weighted by atomic mass is 9.90. The van der Waals surface area contributed by atoms with Crippen molar-refractivity contribution in [1.29, 1.82) is 0 Å². The van der Waals surface area contributed by atoms with E-state index in [-0.39, 0.29) is 30.1 Å². The summed E-state index contributed by atoms with van der Waals surface area (Å²) in [7, 11) is -3.47. The second-order valence-corrected chi connectivity index (χ2v) is 12.6. The monoisotopic (exact) mass is 534 g/mol. The Morgan fingerprint density at radius 2 is 1.82 bits per heavy atom. The Balaban J connectivity index is 1.17. The van der Waals surface area contributed by atoms with E-state index in [0.29, 0.717) is 35.9 Å². The molecule has 38 heavy (non-hydrogen) atoms. The third-order valence-corrected chi connectivity index (χ3v) is 10.2. The lowest BCUT2D eigenvalue weighted by Crippen LogP contribution is -2.29. The van der Waals surface area contributed by atoms with Gasteiger partial charge in [0.25, 0.3) is 0 Å². The van der Waals surface area contributed by atoms with E-state index in [1.807, 2.05) is 30.3 Å². The Hall–Kier alpha value is -3.43. The second kappa shape index (κ2) is 9.71. The lowest BCUT2D eigenvalue weighted by molar-refractivity contribution is -0.118. The number of hydrogen-bond donors (Lipinski definition) is 2. The number of pyridine rings is 1. The molecule has 0 bridgehead atoms. The molecule has 2 saturated carbocycles. The van der Waals surface area contributed by atoms with E-state index >= 15 is 0 Å². The summed E-state index contributed by atoms with van der Waals surface area (Å²) in [5.74, 6) is 1.71. The number of nitrogens with zero attached hydrogens (tertiary/aromatic N) is 1. The molecule has 198 valence electrons. The van der Waals surface area contributed by atoms with Crippen molar-refractivity contribution in [3.63, 3.8) is 0 Å². The average molecular weight is 535 g/mol. The second-order valence-electron chi connectivity index (χ2n) is 10.4. The molecule has 8 nitrogen and oxygen atoms in total. The largest absolute Gasteiger partial charge is 0.454 e. The zero-order valence-electron chi connectivity index (χ0n) is 20.9. The van der Waals surface area contributed by atoms with Crippen molar-refractivity contribution >= 4 is 21.6 Å². The Bertz CT molecular complexity index is 1470. The molecule has 3 aliphatic rings. The minimum atomic E-state index is -3.47. The molecule has 0 saturated heterocycles. The fourth-order valence-electron chi connectivity index (χ4n) is 5.56. The first-order valence-electron chi connectivity index (χ1n) is 13.0. The van der Waals surface area contributed by atoms with E-state index in [0.717, 1.165) is 36.8 Å². The molecule has 2 unspecified atom stereocenters. The van der Waals surface area contributed by atoms with Gasteiger partial charge in [0.2, 0.25) is 12.7 Å². The maximum atomic E-state index is 13.3. The molecule has 2 atom stereocenters. The minimum Gasteiger partial charge on any atom is -0.454 e. The zero-order valence-corrected chi connectivity index (χ0v) is 21.7. The summed E-state index contributed by atoms with van der Waals surface area (Å²) in [6, 6.07) is 17.8. The van der Waals surface area contributed by atoms with E-state index < -0.39 is 20.5 Å². The summed E-state index contributed by atoms with van der Waals surface area (Å²) < 4.78 is 37.3. The van der Waals surface area contributed by atoms with E-state index in [1.54, 1.807) is 30.3 Å². The molecule has 3 aromatic rings. The number of ether oxygens (including phenoxy) is 2. The Morgan fingerprint density at radius 1 is 1.03 bits per heavy atom. The van der Waals surface area contributed by atoms with Crippen LogP contribution in [0.2, 0.25) is 0 Å². The predicted molar refractivity (Wildman–Crippen MR) is 142 cm³/mol. The first-order chi connectivity index (χ1) is 18.4. The lowest BCUT2D eigenvalue weighted by Gasteiger charge is -2.27. The van der Waals surface area contributed by atoms with Gasteiger partial charge in [-0.05, 0) is 80.0 Å². The van der Waals surface area contributed by atoms with Crippen molar-refractivity contribution in [2.24, 2.45) is 5.92 Å². The van der Waals surface area contributed by atoms with Crippen LogP contribution in [0.1, 0.15) is 44.1 Å². The van der Waals surface area contributed by atoms with Crippen LogP contribution in [0.4, 0.5) is 5.82 Å². The molecule has 2 N–H and O–H groups in total. The van der Waals surface area contributed by atoms with Crippen molar-refractivity contribution in [3.8, 4) is 22.8 Å².